The number of sulfone groups is 1. The first kappa shape index (κ1) is 26.4. The Morgan fingerprint density at radius 2 is 1.56 bits per heavy atom. The van der Waals surface area contributed by atoms with E-state index in [1.807, 2.05) is 84.9 Å². The molecular formula is C32H30N2O4S. The van der Waals surface area contributed by atoms with Crippen LogP contribution in [0.2, 0.25) is 0 Å². The van der Waals surface area contributed by atoms with Crippen molar-refractivity contribution >= 4 is 20.7 Å². The van der Waals surface area contributed by atoms with Crippen molar-refractivity contribution in [2.24, 2.45) is 0 Å². The molecule has 0 saturated heterocycles. The SMILES string of the molecule is COc1ccc(COc2cccc(-c3cccc(-c4cc(C(C)(C)S(C)(=O)=O)c5ncccc5c4)c3)n2)cc1. The molecule has 5 aromatic rings. The second kappa shape index (κ2) is 10.5. The average molecular weight is 539 g/mol. The summed E-state index contributed by atoms with van der Waals surface area (Å²) in [5, 5.41) is 0.888. The van der Waals surface area contributed by atoms with Gasteiger partial charge >= 0.3 is 0 Å². The Morgan fingerprint density at radius 3 is 2.31 bits per heavy atom. The van der Waals surface area contributed by atoms with Crippen LogP contribution in [0.3, 0.4) is 0 Å². The quantitative estimate of drug-likeness (QED) is 0.215. The van der Waals surface area contributed by atoms with Crippen molar-refractivity contribution < 1.29 is 17.9 Å². The Morgan fingerprint density at radius 1 is 0.821 bits per heavy atom. The van der Waals surface area contributed by atoms with E-state index in [0.29, 0.717) is 23.6 Å². The number of fused-ring (bicyclic) bond motifs is 1. The molecule has 0 aliphatic rings. The van der Waals surface area contributed by atoms with Gasteiger partial charge in [0.1, 0.15) is 12.4 Å². The lowest BCUT2D eigenvalue weighted by Gasteiger charge is -2.25. The highest BCUT2D eigenvalue weighted by Crippen LogP contribution is 2.37. The van der Waals surface area contributed by atoms with Crippen molar-refractivity contribution in [2.45, 2.75) is 25.2 Å². The summed E-state index contributed by atoms with van der Waals surface area (Å²) in [5.74, 6) is 1.33. The highest BCUT2D eigenvalue weighted by atomic mass is 32.2. The summed E-state index contributed by atoms with van der Waals surface area (Å²) >= 11 is 0. The summed E-state index contributed by atoms with van der Waals surface area (Å²) in [7, 11) is -1.76. The number of hydrogen-bond acceptors (Lipinski definition) is 6. The maximum absolute atomic E-state index is 12.7. The molecule has 0 saturated carbocycles. The molecule has 39 heavy (non-hydrogen) atoms. The molecule has 0 radical (unpaired) electrons. The number of rotatable bonds is 8. The van der Waals surface area contributed by atoms with E-state index in [0.717, 1.165) is 39.1 Å². The van der Waals surface area contributed by atoms with Crippen LogP contribution in [0.4, 0.5) is 0 Å². The van der Waals surface area contributed by atoms with Crippen LogP contribution in [0.5, 0.6) is 11.6 Å². The Kier molecular flexibility index (Phi) is 7.10. The van der Waals surface area contributed by atoms with E-state index in [1.165, 1.54) is 6.26 Å². The minimum Gasteiger partial charge on any atom is -0.497 e. The molecular weight excluding hydrogens is 508 g/mol. The topological polar surface area (TPSA) is 78.4 Å². The summed E-state index contributed by atoms with van der Waals surface area (Å²) in [6.07, 6.45) is 2.96. The van der Waals surface area contributed by atoms with Crippen molar-refractivity contribution in [1.29, 1.82) is 0 Å². The zero-order chi connectivity index (χ0) is 27.6. The third-order valence-electron chi connectivity index (χ3n) is 7.04. The van der Waals surface area contributed by atoms with E-state index in [-0.39, 0.29) is 0 Å². The Bertz CT molecular complexity index is 1750. The zero-order valence-corrected chi connectivity index (χ0v) is 23.2. The predicted molar refractivity (Wildman–Crippen MR) is 156 cm³/mol. The number of pyridine rings is 2. The van der Waals surface area contributed by atoms with Crippen molar-refractivity contribution in [3.63, 3.8) is 0 Å². The van der Waals surface area contributed by atoms with E-state index in [2.05, 4.69) is 11.1 Å². The molecule has 0 unspecified atom stereocenters. The van der Waals surface area contributed by atoms with Gasteiger partial charge in [0.15, 0.2) is 9.84 Å². The van der Waals surface area contributed by atoms with Crippen LogP contribution in [0.25, 0.3) is 33.3 Å². The van der Waals surface area contributed by atoms with E-state index in [9.17, 15) is 8.42 Å². The van der Waals surface area contributed by atoms with Gasteiger partial charge in [0.2, 0.25) is 5.88 Å². The monoisotopic (exact) mass is 538 g/mol. The molecule has 0 aliphatic carbocycles. The van der Waals surface area contributed by atoms with E-state index < -0.39 is 14.6 Å². The van der Waals surface area contributed by atoms with Crippen LogP contribution < -0.4 is 9.47 Å². The smallest absolute Gasteiger partial charge is 0.214 e. The highest BCUT2D eigenvalue weighted by molar-refractivity contribution is 7.91. The van der Waals surface area contributed by atoms with Crippen molar-refractivity contribution in [1.82, 2.24) is 9.97 Å². The molecule has 7 heteroatoms. The third-order valence-corrected chi connectivity index (χ3v) is 9.12. The molecule has 198 valence electrons. The summed E-state index contributed by atoms with van der Waals surface area (Å²) < 4.78 is 35.5. The van der Waals surface area contributed by atoms with Crippen LogP contribution in [-0.4, -0.2) is 31.8 Å². The Balaban J connectivity index is 1.48. The van der Waals surface area contributed by atoms with Crippen LogP contribution in [0, 0.1) is 0 Å². The lowest BCUT2D eigenvalue weighted by atomic mass is 9.92. The van der Waals surface area contributed by atoms with Gasteiger partial charge in [-0.25, -0.2) is 13.4 Å². The Labute approximate surface area is 229 Å². The summed E-state index contributed by atoms with van der Waals surface area (Å²) in [4.78, 5) is 9.25. The number of aromatic nitrogens is 2. The zero-order valence-electron chi connectivity index (χ0n) is 22.4. The van der Waals surface area contributed by atoms with Crippen molar-refractivity contribution in [3.8, 4) is 34.0 Å². The van der Waals surface area contributed by atoms with Gasteiger partial charge in [0.25, 0.3) is 0 Å². The predicted octanol–water partition coefficient (Wildman–Crippen LogP) is 6.83. The van der Waals surface area contributed by atoms with Gasteiger partial charge in [0, 0.05) is 29.5 Å². The molecule has 0 spiro atoms. The molecule has 0 atom stereocenters. The fourth-order valence-electron chi connectivity index (χ4n) is 4.41. The number of hydrogen-bond donors (Lipinski definition) is 0. The fourth-order valence-corrected chi connectivity index (χ4v) is 4.97. The van der Waals surface area contributed by atoms with Gasteiger partial charge < -0.3 is 9.47 Å². The molecule has 0 aliphatic heterocycles. The number of ether oxygens (including phenoxy) is 2. The largest absolute Gasteiger partial charge is 0.497 e. The van der Waals surface area contributed by atoms with Gasteiger partial charge in [0.05, 0.1) is 23.1 Å². The lowest BCUT2D eigenvalue weighted by molar-refractivity contribution is 0.294. The fraction of sp³-hybridized carbons (Fsp3) is 0.188. The van der Waals surface area contributed by atoms with Crippen LogP contribution in [0.1, 0.15) is 25.0 Å². The second-order valence-electron chi connectivity index (χ2n) is 9.96. The molecule has 6 nitrogen and oxygen atoms in total. The van der Waals surface area contributed by atoms with Gasteiger partial charge in [-0.2, -0.15) is 0 Å². The first-order valence-corrected chi connectivity index (χ1v) is 14.5. The van der Waals surface area contributed by atoms with Crippen LogP contribution in [-0.2, 0) is 21.2 Å². The molecule has 3 aromatic carbocycles. The summed E-state index contributed by atoms with van der Waals surface area (Å²) in [6.45, 7) is 3.85. The molecule has 0 N–H and O–H groups in total. The van der Waals surface area contributed by atoms with Crippen molar-refractivity contribution in [3.05, 3.63) is 108 Å². The van der Waals surface area contributed by atoms with Gasteiger partial charge in [-0.05, 0) is 78.6 Å². The van der Waals surface area contributed by atoms with Gasteiger partial charge in [-0.15, -0.1) is 0 Å². The second-order valence-corrected chi connectivity index (χ2v) is 12.5. The standard InChI is InChI=1S/C32H30N2O4S/c1-32(2,39(4,35)36)28-20-26(19-25-10-7-17-33-31(25)28)23-8-5-9-24(18-23)29-11-6-12-30(34-29)38-21-22-13-15-27(37-3)16-14-22/h5-20H,21H2,1-4H3. The molecule has 0 fully saturated rings. The first-order chi connectivity index (χ1) is 18.7. The summed E-state index contributed by atoms with van der Waals surface area (Å²) in [5.41, 5.74) is 5.96. The maximum atomic E-state index is 12.7. The summed E-state index contributed by atoms with van der Waals surface area (Å²) in [6, 6.07) is 29.3. The lowest BCUT2D eigenvalue weighted by Crippen LogP contribution is -2.28. The molecule has 0 amide bonds. The minimum atomic E-state index is -3.40. The van der Waals surface area contributed by atoms with Crippen LogP contribution in [0.15, 0.2) is 97.2 Å². The molecule has 2 heterocycles. The van der Waals surface area contributed by atoms with Gasteiger partial charge in [-0.1, -0.05) is 42.5 Å². The minimum absolute atomic E-state index is 0.393. The van der Waals surface area contributed by atoms with E-state index >= 15 is 0 Å². The Hall–Kier alpha value is -4.23. The first-order valence-electron chi connectivity index (χ1n) is 12.6. The maximum Gasteiger partial charge on any atom is 0.214 e. The number of methoxy groups -OCH3 is 1. The number of nitrogens with zero attached hydrogens (tertiary/aromatic N) is 2. The molecule has 5 rings (SSSR count). The highest BCUT2D eigenvalue weighted by Gasteiger charge is 2.34. The van der Waals surface area contributed by atoms with Crippen molar-refractivity contribution in [2.75, 3.05) is 13.4 Å². The van der Waals surface area contributed by atoms with E-state index in [1.54, 1.807) is 27.2 Å². The van der Waals surface area contributed by atoms with E-state index in [4.69, 9.17) is 14.5 Å². The third kappa shape index (κ3) is 5.49. The molecule has 2 aromatic heterocycles. The molecule has 0 bridgehead atoms. The average Bonchev–Trinajstić information content (AvgIpc) is 2.95. The number of benzene rings is 3. The van der Waals surface area contributed by atoms with Crippen LogP contribution >= 0.6 is 0 Å². The van der Waals surface area contributed by atoms with Gasteiger partial charge in [-0.3, -0.25) is 4.98 Å². The normalized spacial score (nSPS) is 11.9.